The molecule has 0 saturated carbocycles. The maximum absolute atomic E-state index is 13.1. The van der Waals surface area contributed by atoms with Crippen LogP contribution in [0.3, 0.4) is 0 Å². The average Bonchev–Trinajstić information content (AvgIpc) is 3.19. The molecular weight excluding hydrogens is 442 g/mol. The van der Waals surface area contributed by atoms with E-state index in [-0.39, 0.29) is 0 Å². The summed E-state index contributed by atoms with van der Waals surface area (Å²) < 4.78 is 6.99. The second kappa shape index (κ2) is 8.71. The molecule has 3 aromatic rings. The molecule has 4 rings (SSSR count). The molecule has 1 atom stereocenters. The fraction of sp³-hybridized carbons (Fsp3) is 0.250. The molecule has 0 spiro atoms. The van der Waals surface area contributed by atoms with Crippen molar-refractivity contribution >= 4 is 29.8 Å². The monoisotopic (exact) mass is 465 g/mol. The van der Waals surface area contributed by atoms with Crippen LogP contribution in [0.1, 0.15) is 35.0 Å². The van der Waals surface area contributed by atoms with E-state index in [1.807, 2.05) is 42.8 Å². The molecule has 33 heavy (non-hydrogen) atoms. The first-order chi connectivity index (χ1) is 15.7. The molecule has 170 valence electrons. The molecule has 0 radical (unpaired) electrons. The van der Waals surface area contributed by atoms with Crippen LogP contribution in [0.2, 0.25) is 5.02 Å². The Bertz CT molecular complexity index is 1250. The molecule has 1 saturated heterocycles. The summed E-state index contributed by atoms with van der Waals surface area (Å²) in [5.41, 5.74) is 2.67. The number of ether oxygens (including phenoxy) is 1. The predicted molar refractivity (Wildman–Crippen MR) is 126 cm³/mol. The Morgan fingerprint density at radius 1 is 1.15 bits per heavy atom. The van der Waals surface area contributed by atoms with Gasteiger partial charge in [0.05, 0.1) is 25.6 Å². The number of aryl methyl sites for hydroxylation is 1. The minimum absolute atomic E-state index is 0.465. The van der Waals surface area contributed by atoms with Crippen molar-refractivity contribution in [3.8, 4) is 5.75 Å². The molecule has 0 bridgehead atoms. The summed E-state index contributed by atoms with van der Waals surface area (Å²) in [6.45, 7) is 5.91. The van der Waals surface area contributed by atoms with Crippen LogP contribution in [0.5, 0.6) is 5.75 Å². The first-order valence-electron chi connectivity index (χ1n) is 10.4. The van der Waals surface area contributed by atoms with Crippen molar-refractivity contribution in [1.29, 1.82) is 0 Å². The Morgan fingerprint density at radius 3 is 2.52 bits per heavy atom. The first kappa shape index (κ1) is 22.5. The fourth-order valence-corrected chi connectivity index (χ4v) is 4.00. The zero-order valence-electron chi connectivity index (χ0n) is 18.8. The number of amides is 3. The molecule has 1 aliphatic heterocycles. The van der Waals surface area contributed by atoms with Gasteiger partial charge >= 0.3 is 6.03 Å². The smallest absolute Gasteiger partial charge is 0.346 e. The number of urea groups is 1. The minimum atomic E-state index is -1.22. The highest BCUT2D eigenvalue weighted by Crippen LogP contribution is 2.30. The number of nitrogens with zero attached hydrogens (tertiary/aromatic N) is 4. The van der Waals surface area contributed by atoms with Crippen molar-refractivity contribution in [2.75, 3.05) is 7.11 Å². The van der Waals surface area contributed by atoms with Gasteiger partial charge in [-0.1, -0.05) is 41.9 Å². The number of methoxy groups -OCH3 is 1. The Balaban J connectivity index is 1.57. The molecule has 2 heterocycles. The van der Waals surface area contributed by atoms with Crippen molar-refractivity contribution in [2.45, 2.75) is 32.9 Å². The number of halogens is 1. The lowest BCUT2D eigenvalue weighted by molar-refractivity contribution is -0.131. The number of rotatable bonds is 6. The summed E-state index contributed by atoms with van der Waals surface area (Å²) in [5.74, 6) is 0.196. The van der Waals surface area contributed by atoms with Crippen LogP contribution in [0.15, 0.2) is 53.6 Å². The number of hydrogen-bond donors (Lipinski definition) is 1. The summed E-state index contributed by atoms with van der Waals surface area (Å²) in [6.07, 6.45) is 1.50. The van der Waals surface area contributed by atoms with E-state index in [9.17, 15) is 9.59 Å². The molecule has 1 fully saturated rings. The van der Waals surface area contributed by atoms with Gasteiger partial charge in [0.2, 0.25) is 0 Å². The first-order valence-corrected chi connectivity index (χ1v) is 10.7. The highest BCUT2D eigenvalue weighted by atomic mass is 35.5. The van der Waals surface area contributed by atoms with E-state index >= 15 is 0 Å². The van der Waals surface area contributed by atoms with Gasteiger partial charge in [0.1, 0.15) is 11.3 Å². The number of carbonyl (C=O) groups excluding carboxylic acids is 2. The standard InChI is InChI=1S/C24H24ClN5O3/c1-15-20(16(2)29(28-15)14-17-7-5-6-8-21(17)25)13-26-30-22(31)24(3,27-23(30)32)18-9-11-19(33-4)12-10-18/h5-13H,14H2,1-4H3,(H,27,32)/b26-13+. The van der Waals surface area contributed by atoms with E-state index < -0.39 is 17.5 Å². The van der Waals surface area contributed by atoms with Gasteiger partial charge in [0, 0.05) is 16.3 Å². The quantitative estimate of drug-likeness (QED) is 0.440. The van der Waals surface area contributed by atoms with E-state index in [1.54, 1.807) is 38.3 Å². The number of hydrazone groups is 1. The molecular formula is C24H24ClN5O3. The van der Waals surface area contributed by atoms with Gasteiger partial charge in [-0.15, -0.1) is 5.01 Å². The van der Waals surface area contributed by atoms with Crippen molar-refractivity contribution in [2.24, 2.45) is 5.10 Å². The Morgan fingerprint density at radius 2 is 1.85 bits per heavy atom. The van der Waals surface area contributed by atoms with Crippen molar-refractivity contribution in [3.63, 3.8) is 0 Å². The summed E-state index contributed by atoms with van der Waals surface area (Å²) >= 11 is 6.28. The van der Waals surface area contributed by atoms with Gasteiger partial charge in [0.15, 0.2) is 0 Å². The molecule has 1 N–H and O–H groups in total. The summed E-state index contributed by atoms with van der Waals surface area (Å²) in [7, 11) is 1.57. The van der Waals surface area contributed by atoms with Gasteiger partial charge < -0.3 is 10.1 Å². The molecule has 0 aliphatic carbocycles. The third-order valence-electron chi connectivity index (χ3n) is 5.85. The van der Waals surface area contributed by atoms with E-state index in [4.69, 9.17) is 16.3 Å². The van der Waals surface area contributed by atoms with E-state index in [2.05, 4.69) is 15.5 Å². The van der Waals surface area contributed by atoms with Crippen LogP contribution in [0.4, 0.5) is 4.79 Å². The van der Waals surface area contributed by atoms with Gasteiger partial charge in [-0.3, -0.25) is 9.48 Å². The number of imide groups is 1. The summed E-state index contributed by atoms with van der Waals surface area (Å²) in [6, 6.07) is 14.0. The largest absolute Gasteiger partial charge is 0.497 e. The number of aromatic nitrogens is 2. The third-order valence-corrected chi connectivity index (χ3v) is 6.22. The Hall–Kier alpha value is -3.65. The van der Waals surface area contributed by atoms with E-state index in [1.165, 1.54) is 6.21 Å². The number of carbonyl (C=O) groups is 2. The molecule has 8 nitrogen and oxygen atoms in total. The molecule has 2 aromatic carbocycles. The van der Waals surface area contributed by atoms with E-state index in [0.29, 0.717) is 22.9 Å². The van der Waals surface area contributed by atoms with Gasteiger partial charge in [-0.2, -0.15) is 10.2 Å². The second-order valence-corrected chi connectivity index (χ2v) is 8.39. The van der Waals surface area contributed by atoms with Crippen LogP contribution in [-0.4, -0.2) is 40.1 Å². The Labute approximate surface area is 196 Å². The van der Waals surface area contributed by atoms with Gasteiger partial charge in [-0.05, 0) is 50.1 Å². The lowest BCUT2D eigenvalue weighted by Crippen LogP contribution is -2.40. The summed E-state index contributed by atoms with van der Waals surface area (Å²) in [4.78, 5) is 25.7. The topological polar surface area (TPSA) is 88.8 Å². The van der Waals surface area contributed by atoms with E-state index in [0.717, 1.165) is 27.5 Å². The lowest BCUT2D eigenvalue weighted by Gasteiger charge is -2.21. The average molecular weight is 466 g/mol. The van der Waals surface area contributed by atoms with Gasteiger partial charge in [0.25, 0.3) is 5.91 Å². The molecule has 1 aromatic heterocycles. The molecule has 1 unspecified atom stereocenters. The minimum Gasteiger partial charge on any atom is -0.497 e. The van der Waals surface area contributed by atoms with Crippen molar-refractivity contribution in [1.82, 2.24) is 20.1 Å². The van der Waals surface area contributed by atoms with Crippen LogP contribution in [0, 0.1) is 13.8 Å². The summed E-state index contributed by atoms with van der Waals surface area (Å²) in [5, 5.41) is 13.0. The molecule has 9 heteroatoms. The maximum atomic E-state index is 13.1. The Kier molecular flexibility index (Phi) is 5.95. The zero-order chi connectivity index (χ0) is 23.8. The number of benzene rings is 2. The predicted octanol–water partition coefficient (Wildman–Crippen LogP) is 4.01. The highest BCUT2D eigenvalue weighted by Gasteiger charge is 2.49. The van der Waals surface area contributed by atoms with Gasteiger partial charge in [-0.25, -0.2) is 4.79 Å². The fourth-order valence-electron chi connectivity index (χ4n) is 3.80. The normalized spacial score (nSPS) is 18.3. The molecule has 3 amide bonds. The second-order valence-electron chi connectivity index (χ2n) is 7.98. The number of hydrogen-bond acceptors (Lipinski definition) is 5. The zero-order valence-corrected chi connectivity index (χ0v) is 19.6. The van der Waals surface area contributed by atoms with Crippen molar-refractivity contribution in [3.05, 3.63) is 81.6 Å². The van der Waals surface area contributed by atoms with Crippen LogP contribution >= 0.6 is 11.6 Å². The maximum Gasteiger partial charge on any atom is 0.346 e. The number of nitrogens with one attached hydrogen (secondary N) is 1. The lowest BCUT2D eigenvalue weighted by atomic mass is 9.92. The van der Waals surface area contributed by atoms with Crippen molar-refractivity contribution < 1.29 is 14.3 Å². The molecule has 1 aliphatic rings. The van der Waals surface area contributed by atoms with Crippen LogP contribution in [-0.2, 0) is 16.9 Å². The highest BCUT2D eigenvalue weighted by molar-refractivity contribution is 6.31. The van der Waals surface area contributed by atoms with Crippen LogP contribution < -0.4 is 10.1 Å². The van der Waals surface area contributed by atoms with Crippen LogP contribution in [0.25, 0.3) is 0 Å². The SMILES string of the molecule is COc1ccc(C2(C)NC(=O)N(/N=C/c3c(C)nn(Cc4ccccc4Cl)c3C)C2=O)cc1. The third kappa shape index (κ3) is 4.09.